The molecule has 0 aromatic heterocycles. The number of nitrogens with zero attached hydrogens (tertiary/aromatic N) is 1. The van der Waals surface area contributed by atoms with E-state index < -0.39 is 0 Å². The van der Waals surface area contributed by atoms with Crippen molar-refractivity contribution in [3.05, 3.63) is 0 Å². The molecule has 0 spiro atoms. The molecule has 1 aliphatic rings. The summed E-state index contributed by atoms with van der Waals surface area (Å²) < 4.78 is 0. The summed E-state index contributed by atoms with van der Waals surface area (Å²) >= 11 is 0. The molecular weight excluding hydrogens is 114 g/mol. The van der Waals surface area contributed by atoms with Crippen LogP contribution in [0.1, 0.15) is 19.8 Å². The van der Waals surface area contributed by atoms with Crippen molar-refractivity contribution in [1.29, 1.82) is 0 Å². The predicted molar refractivity (Wildman–Crippen MR) is 38.5 cm³/mol. The summed E-state index contributed by atoms with van der Waals surface area (Å²) in [6.07, 6.45) is 3.58. The zero-order valence-corrected chi connectivity index (χ0v) is 6.26. The number of carbonyl (C=O) groups excluding carboxylic acids is 1. The van der Waals surface area contributed by atoms with Gasteiger partial charge in [-0.2, -0.15) is 0 Å². The zero-order valence-electron chi connectivity index (χ0n) is 6.26. The van der Waals surface area contributed by atoms with E-state index in [1.165, 1.54) is 32.9 Å². The lowest BCUT2D eigenvalue weighted by atomic mass is 10.4. The van der Waals surface area contributed by atoms with Crippen molar-refractivity contribution in [3.8, 4) is 0 Å². The standard InChI is InChI=1S/C5H11N.C2H4O/c1-6-4-2-3-5-6;1-2-3/h2-5H2,1H3;2H,1H3. The van der Waals surface area contributed by atoms with Gasteiger partial charge in [0.15, 0.2) is 0 Å². The van der Waals surface area contributed by atoms with E-state index >= 15 is 0 Å². The van der Waals surface area contributed by atoms with Crippen LogP contribution in [0.3, 0.4) is 0 Å². The smallest absolute Gasteiger partial charge is 0.116 e. The molecule has 0 N–H and O–H groups in total. The lowest BCUT2D eigenvalue weighted by molar-refractivity contribution is -0.106. The van der Waals surface area contributed by atoms with Crippen LogP contribution in [0.25, 0.3) is 0 Å². The van der Waals surface area contributed by atoms with Crippen molar-refractivity contribution in [2.75, 3.05) is 20.1 Å². The molecule has 0 amide bonds. The summed E-state index contributed by atoms with van der Waals surface area (Å²) in [7, 11) is 2.17. The Bertz CT molecular complexity index is 67.3. The average Bonchev–Trinajstić information content (AvgIpc) is 2.20. The van der Waals surface area contributed by atoms with Crippen LogP contribution >= 0.6 is 0 Å². The molecule has 0 aliphatic carbocycles. The highest BCUT2D eigenvalue weighted by atomic mass is 16.1. The SMILES string of the molecule is CC=O.CN1CCCC1. The Kier molecular flexibility index (Phi) is 5.52. The third kappa shape index (κ3) is 5.50. The maximum absolute atomic E-state index is 8.81. The fraction of sp³-hybridized carbons (Fsp3) is 0.857. The predicted octanol–water partition coefficient (Wildman–Crippen LogP) is 0.917. The number of hydrogen-bond donors (Lipinski definition) is 0. The number of aldehydes is 1. The summed E-state index contributed by atoms with van der Waals surface area (Å²) in [5.74, 6) is 0. The first kappa shape index (κ1) is 8.63. The third-order valence-electron chi connectivity index (χ3n) is 1.33. The van der Waals surface area contributed by atoms with Crippen molar-refractivity contribution in [2.45, 2.75) is 19.8 Å². The van der Waals surface area contributed by atoms with E-state index in [-0.39, 0.29) is 0 Å². The number of likely N-dealkylation sites (tertiary alicyclic amines) is 1. The van der Waals surface area contributed by atoms with Gasteiger partial charge in [-0.15, -0.1) is 0 Å². The summed E-state index contributed by atoms with van der Waals surface area (Å²) in [5.41, 5.74) is 0. The molecule has 1 fully saturated rings. The van der Waals surface area contributed by atoms with Crippen LogP contribution in [0.5, 0.6) is 0 Å². The largest absolute Gasteiger partial charge is 0.306 e. The Morgan fingerprint density at radius 2 is 1.67 bits per heavy atom. The number of rotatable bonds is 0. The second-order valence-corrected chi connectivity index (χ2v) is 2.25. The van der Waals surface area contributed by atoms with Gasteiger partial charge in [0.25, 0.3) is 0 Å². The highest BCUT2D eigenvalue weighted by Crippen LogP contribution is 2.01. The molecule has 2 nitrogen and oxygen atoms in total. The van der Waals surface area contributed by atoms with Crippen LogP contribution in [-0.2, 0) is 4.79 Å². The maximum Gasteiger partial charge on any atom is 0.116 e. The first-order valence-electron chi connectivity index (χ1n) is 3.39. The van der Waals surface area contributed by atoms with E-state index in [9.17, 15) is 0 Å². The van der Waals surface area contributed by atoms with Crippen LogP contribution in [0.2, 0.25) is 0 Å². The molecule has 0 unspecified atom stereocenters. The molecule has 0 atom stereocenters. The minimum absolute atomic E-state index is 0.750. The fourth-order valence-corrected chi connectivity index (χ4v) is 0.875. The van der Waals surface area contributed by atoms with Gasteiger partial charge in [0.05, 0.1) is 0 Å². The topological polar surface area (TPSA) is 20.3 Å². The normalized spacial score (nSPS) is 18.4. The summed E-state index contributed by atoms with van der Waals surface area (Å²) in [5, 5.41) is 0. The molecule has 0 aromatic carbocycles. The lowest BCUT2D eigenvalue weighted by Crippen LogP contribution is -2.10. The molecule has 2 heteroatoms. The molecule has 0 bridgehead atoms. The van der Waals surface area contributed by atoms with E-state index in [0.29, 0.717) is 0 Å². The first-order chi connectivity index (χ1) is 4.31. The zero-order chi connectivity index (χ0) is 7.11. The second kappa shape index (κ2) is 5.76. The number of hydrogen-bond acceptors (Lipinski definition) is 2. The Balaban J connectivity index is 0.000000187. The molecule has 1 rings (SSSR count). The monoisotopic (exact) mass is 129 g/mol. The van der Waals surface area contributed by atoms with E-state index in [1.54, 1.807) is 0 Å². The van der Waals surface area contributed by atoms with Gasteiger partial charge in [-0.1, -0.05) is 0 Å². The first-order valence-corrected chi connectivity index (χ1v) is 3.39. The van der Waals surface area contributed by atoms with Crippen LogP contribution in [0.15, 0.2) is 0 Å². The Labute approximate surface area is 56.9 Å². The molecule has 9 heavy (non-hydrogen) atoms. The summed E-state index contributed by atoms with van der Waals surface area (Å²) in [6.45, 7) is 4.08. The fourth-order valence-electron chi connectivity index (χ4n) is 0.875. The van der Waals surface area contributed by atoms with Gasteiger partial charge in [0.1, 0.15) is 6.29 Å². The molecule has 0 saturated carbocycles. The quantitative estimate of drug-likeness (QED) is 0.453. The van der Waals surface area contributed by atoms with Gasteiger partial charge in [0.2, 0.25) is 0 Å². The maximum atomic E-state index is 8.81. The minimum Gasteiger partial charge on any atom is -0.306 e. The molecular formula is C7H15NO. The molecule has 1 aliphatic heterocycles. The van der Waals surface area contributed by atoms with Crippen molar-refractivity contribution < 1.29 is 4.79 Å². The summed E-state index contributed by atoms with van der Waals surface area (Å²) in [6, 6.07) is 0. The van der Waals surface area contributed by atoms with E-state index in [1.807, 2.05) is 0 Å². The Morgan fingerprint density at radius 3 is 1.78 bits per heavy atom. The highest BCUT2D eigenvalue weighted by Gasteiger charge is 2.03. The third-order valence-corrected chi connectivity index (χ3v) is 1.33. The van der Waals surface area contributed by atoms with Crippen LogP contribution in [-0.4, -0.2) is 31.3 Å². The van der Waals surface area contributed by atoms with Crippen LogP contribution in [0.4, 0.5) is 0 Å². The van der Waals surface area contributed by atoms with Gasteiger partial charge in [-0.25, -0.2) is 0 Å². The van der Waals surface area contributed by atoms with Crippen molar-refractivity contribution in [2.24, 2.45) is 0 Å². The lowest BCUT2D eigenvalue weighted by Gasteiger charge is -2.01. The van der Waals surface area contributed by atoms with Gasteiger partial charge in [-0.3, -0.25) is 0 Å². The average molecular weight is 129 g/mol. The molecule has 1 heterocycles. The van der Waals surface area contributed by atoms with Crippen molar-refractivity contribution in [1.82, 2.24) is 4.90 Å². The molecule has 0 aromatic rings. The molecule has 54 valence electrons. The minimum atomic E-state index is 0.750. The van der Waals surface area contributed by atoms with Crippen LogP contribution in [0, 0.1) is 0 Å². The van der Waals surface area contributed by atoms with Gasteiger partial charge < -0.3 is 9.69 Å². The molecule has 0 radical (unpaired) electrons. The van der Waals surface area contributed by atoms with Gasteiger partial charge in [0, 0.05) is 0 Å². The van der Waals surface area contributed by atoms with Gasteiger partial charge in [-0.05, 0) is 39.9 Å². The highest BCUT2D eigenvalue weighted by molar-refractivity contribution is 5.44. The molecule has 1 saturated heterocycles. The van der Waals surface area contributed by atoms with Gasteiger partial charge >= 0.3 is 0 Å². The Morgan fingerprint density at radius 1 is 1.33 bits per heavy atom. The number of carbonyl (C=O) groups is 1. The van der Waals surface area contributed by atoms with E-state index in [4.69, 9.17) is 4.79 Å². The Hall–Kier alpha value is -0.370. The van der Waals surface area contributed by atoms with E-state index in [2.05, 4.69) is 11.9 Å². The van der Waals surface area contributed by atoms with Crippen molar-refractivity contribution >= 4 is 6.29 Å². The summed E-state index contributed by atoms with van der Waals surface area (Å²) in [4.78, 5) is 11.2. The van der Waals surface area contributed by atoms with Crippen molar-refractivity contribution in [3.63, 3.8) is 0 Å². The second-order valence-electron chi connectivity index (χ2n) is 2.25. The van der Waals surface area contributed by atoms with E-state index in [0.717, 1.165) is 6.29 Å². The van der Waals surface area contributed by atoms with Crippen LogP contribution < -0.4 is 0 Å².